The number of alkyl halides is 3. The Morgan fingerprint density at radius 2 is 1.86 bits per heavy atom. The van der Waals surface area contributed by atoms with Gasteiger partial charge in [0.15, 0.2) is 10.8 Å². The fraction of sp³-hybridized carbons (Fsp3) is 0.300. The van der Waals surface area contributed by atoms with Crippen molar-refractivity contribution in [3.8, 4) is 0 Å². The molecule has 3 heterocycles. The van der Waals surface area contributed by atoms with E-state index in [0.717, 1.165) is 37.7 Å². The van der Waals surface area contributed by atoms with Crippen molar-refractivity contribution in [2.45, 2.75) is 17.8 Å². The highest BCUT2D eigenvalue weighted by atomic mass is 32.2. The van der Waals surface area contributed by atoms with Gasteiger partial charge < -0.3 is 0 Å². The molecule has 4 nitrogen and oxygen atoms in total. The van der Waals surface area contributed by atoms with E-state index in [1.54, 1.807) is 18.3 Å². The van der Waals surface area contributed by atoms with Gasteiger partial charge in [-0.25, -0.2) is 4.39 Å². The summed E-state index contributed by atoms with van der Waals surface area (Å²) in [5, 5.41) is 8.10. The molecular weight excluding hydrogens is 404 g/mol. The summed E-state index contributed by atoms with van der Waals surface area (Å²) in [7, 11) is 0. The SMILES string of the molecule is Fc1ccc(C2=CCN(CCSc3nnc4c(C(F)(F)F)cccn34)CC2)cc1. The van der Waals surface area contributed by atoms with Crippen LogP contribution in [-0.2, 0) is 6.18 Å². The minimum absolute atomic E-state index is 0.174. The van der Waals surface area contributed by atoms with Gasteiger partial charge in [-0.3, -0.25) is 9.30 Å². The average molecular weight is 422 g/mol. The Morgan fingerprint density at radius 3 is 2.55 bits per heavy atom. The van der Waals surface area contributed by atoms with Crippen molar-refractivity contribution >= 4 is 23.0 Å². The lowest BCUT2D eigenvalue weighted by Gasteiger charge is -2.26. The third-order valence-corrected chi connectivity index (χ3v) is 5.78. The summed E-state index contributed by atoms with van der Waals surface area (Å²) in [6.07, 6.45) is 0.105. The second-order valence-corrected chi connectivity index (χ2v) is 7.79. The third kappa shape index (κ3) is 4.45. The highest BCUT2D eigenvalue weighted by molar-refractivity contribution is 7.99. The number of hydrogen-bond donors (Lipinski definition) is 0. The summed E-state index contributed by atoms with van der Waals surface area (Å²) < 4.78 is 53.7. The maximum atomic E-state index is 13.1. The smallest absolute Gasteiger partial charge is 0.299 e. The predicted octanol–water partition coefficient (Wildman–Crippen LogP) is 4.77. The quantitative estimate of drug-likeness (QED) is 0.438. The summed E-state index contributed by atoms with van der Waals surface area (Å²) in [5.74, 6) is 0.448. The lowest BCUT2D eigenvalue weighted by Crippen LogP contribution is -2.30. The molecule has 3 aromatic rings. The Morgan fingerprint density at radius 1 is 1.07 bits per heavy atom. The maximum absolute atomic E-state index is 13.1. The molecule has 9 heteroatoms. The van der Waals surface area contributed by atoms with E-state index in [-0.39, 0.29) is 11.5 Å². The predicted molar refractivity (Wildman–Crippen MR) is 104 cm³/mol. The molecule has 1 aliphatic heterocycles. The van der Waals surface area contributed by atoms with E-state index in [0.29, 0.717) is 10.9 Å². The Hall–Kier alpha value is -2.39. The highest BCUT2D eigenvalue weighted by Gasteiger charge is 2.34. The Balaban J connectivity index is 1.35. The van der Waals surface area contributed by atoms with Crippen molar-refractivity contribution in [2.75, 3.05) is 25.4 Å². The van der Waals surface area contributed by atoms with Gasteiger partial charge in [0.25, 0.3) is 0 Å². The molecule has 0 aliphatic carbocycles. The fourth-order valence-electron chi connectivity index (χ4n) is 3.32. The molecule has 0 fully saturated rings. The molecule has 152 valence electrons. The van der Waals surface area contributed by atoms with Gasteiger partial charge in [-0.15, -0.1) is 10.2 Å². The molecule has 29 heavy (non-hydrogen) atoms. The normalized spacial score (nSPS) is 15.7. The van der Waals surface area contributed by atoms with Crippen molar-refractivity contribution in [3.05, 3.63) is 65.6 Å². The van der Waals surface area contributed by atoms with Crippen LogP contribution in [0.1, 0.15) is 17.5 Å². The van der Waals surface area contributed by atoms with Crippen LogP contribution in [0, 0.1) is 5.82 Å². The lowest BCUT2D eigenvalue weighted by atomic mass is 9.99. The molecule has 0 atom stereocenters. The number of nitrogens with zero attached hydrogens (tertiary/aromatic N) is 4. The minimum Gasteiger partial charge on any atom is -0.299 e. The number of aromatic nitrogens is 3. The second kappa shape index (κ2) is 8.16. The first kappa shape index (κ1) is 19.9. The molecule has 0 N–H and O–H groups in total. The number of hydrogen-bond acceptors (Lipinski definition) is 4. The standard InChI is InChI=1S/C20H18F4N4S/c21-16-5-3-14(4-6-16)15-7-10-27(11-8-15)12-13-29-19-26-25-18-17(20(22,23)24)2-1-9-28(18)19/h1-7,9H,8,10-13H2. The monoisotopic (exact) mass is 422 g/mol. The molecular formula is C20H18F4N4S. The number of fused-ring (bicyclic) bond motifs is 1. The van der Waals surface area contributed by atoms with Gasteiger partial charge in [0.2, 0.25) is 0 Å². The summed E-state index contributed by atoms with van der Waals surface area (Å²) in [4.78, 5) is 2.27. The summed E-state index contributed by atoms with van der Waals surface area (Å²) in [5.41, 5.74) is 1.29. The van der Waals surface area contributed by atoms with Crippen LogP contribution in [0.3, 0.4) is 0 Å². The van der Waals surface area contributed by atoms with Gasteiger partial charge in [0, 0.05) is 31.6 Å². The molecule has 0 amide bonds. The average Bonchev–Trinajstić information content (AvgIpc) is 3.12. The first-order chi connectivity index (χ1) is 13.9. The van der Waals surface area contributed by atoms with Gasteiger partial charge in [0.05, 0.1) is 0 Å². The number of benzene rings is 1. The van der Waals surface area contributed by atoms with E-state index < -0.39 is 11.7 Å². The first-order valence-corrected chi connectivity index (χ1v) is 10.1. The van der Waals surface area contributed by atoms with Gasteiger partial charge in [0.1, 0.15) is 11.4 Å². The zero-order valence-corrected chi connectivity index (χ0v) is 16.2. The van der Waals surface area contributed by atoms with E-state index in [9.17, 15) is 17.6 Å². The van der Waals surface area contributed by atoms with Gasteiger partial charge in [-0.1, -0.05) is 30.0 Å². The van der Waals surface area contributed by atoms with Crippen LogP contribution in [0.4, 0.5) is 17.6 Å². The Labute approximate surface area is 169 Å². The second-order valence-electron chi connectivity index (χ2n) is 6.73. The highest BCUT2D eigenvalue weighted by Crippen LogP contribution is 2.32. The zero-order chi connectivity index (χ0) is 20.4. The number of rotatable bonds is 5. The van der Waals surface area contributed by atoms with Crippen LogP contribution in [0.5, 0.6) is 0 Å². The Kier molecular flexibility index (Phi) is 5.60. The van der Waals surface area contributed by atoms with E-state index >= 15 is 0 Å². The number of pyridine rings is 1. The first-order valence-electron chi connectivity index (χ1n) is 9.13. The third-order valence-electron chi connectivity index (χ3n) is 4.86. The Bertz CT molecular complexity index is 1030. The lowest BCUT2D eigenvalue weighted by molar-refractivity contribution is -0.136. The molecule has 4 rings (SSSR count). The van der Waals surface area contributed by atoms with Crippen molar-refractivity contribution < 1.29 is 17.6 Å². The van der Waals surface area contributed by atoms with Crippen molar-refractivity contribution in [3.63, 3.8) is 0 Å². The topological polar surface area (TPSA) is 33.4 Å². The number of halogens is 4. The van der Waals surface area contributed by atoms with E-state index in [2.05, 4.69) is 21.2 Å². The molecule has 0 spiro atoms. The van der Waals surface area contributed by atoms with Crippen LogP contribution >= 0.6 is 11.8 Å². The molecule has 0 saturated carbocycles. The van der Waals surface area contributed by atoms with Crippen molar-refractivity contribution in [2.24, 2.45) is 0 Å². The minimum atomic E-state index is -4.46. The van der Waals surface area contributed by atoms with Crippen molar-refractivity contribution in [1.29, 1.82) is 0 Å². The van der Waals surface area contributed by atoms with E-state index in [1.807, 2.05) is 0 Å². The largest absolute Gasteiger partial charge is 0.420 e. The van der Waals surface area contributed by atoms with Crippen LogP contribution < -0.4 is 0 Å². The summed E-state index contributed by atoms with van der Waals surface area (Å²) in [6.45, 7) is 2.44. The van der Waals surface area contributed by atoms with E-state index in [1.165, 1.54) is 39.9 Å². The van der Waals surface area contributed by atoms with Crippen LogP contribution in [0.15, 0.2) is 53.8 Å². The van der Waals surface area contributed by atoms with Crippen LogP contribution in [-0.4, -0.2) is 44.9 Å². The molecule has 1 aliphatic rings. The van der Waals surface area contributed by atoms with E-state index in [4.69, 9.17) is 0 Å². The molecule has 0 radical (unpaired) electrons. The van der Waals surface area contributed by atoms with Gasteiger partial charge in [-0.05, 0) is 41.8 Å². The maximum Gasteiger partial charge on any atom is 0.420 e. The van der Waals surface area contributed by atoms with Gasteiger partial charge in [-0.2, -0.15) is 13.2 Å². The molecule has 2 aromatic heterocycles. The summed E-state index contributed by atoms with van der Waals surface area (Å²) in [6, 6.07) is 8.88. The summed E-state index contributed by atoms with van der Waals surface area (Å²) >= 11 is 1.39. The van der Waals surface area contributed by atoms with Crippen molar-refractivity contribution in [1.82, 2.24) is 19.5 Å². The fourth-order valence-corrected chi connectivity index (χ4v) is 4.24. The van der Waals surface area contributed by atoms with Crippen LogP contribution in [0.25, 0.3) is 11.2 Å². The zero-order valence-electron chi connectivity index (χ0n) is 15.4. The molecule has 0 saturated heterocycles. The number of thioether (sulfide) groups is 1. The molecule has 0 unspecified atom stereocenters. The molecule has 0 bridgehead atoms. The van der Waals surface area contributed by atoms with Crippen LogP contribution in [0.2, 0.25) is 0 Å². The molecule has 1 aromatic carbocycles. The van der Waals surface area contributed by atoms with Gasteiger partial charge >= 0.3 is 6.18 Å².